The number of Topliss-reactive ketones (excluding diaryl/α,β-unsaturated/α-hetero) is 1. The van der Waals surface area contributed by atoms with E-state index < -0.39 is 23.5 Å². The van der Waals surface area contributed by atoms with Crippen LogP contribution in [0.1, 0.15) is 21.5 Å². The van der Waals surface area contributed by atoms with E-state index in [1.807, 2.05) is 29.6 Å². The van der Waals surface area contributed by atoms with E-state index in [4.69, 9.17) is 16.0 Å². The number of hydrogen-bond acceptors (Lipinski definition) is 5. The second-order valence-corrected chi connectivity index (χ2v) is 9.29. The van der Waals surface area contributed by atoms with E-state index in [1.165, 1.54) is 16.2 Å². The van der Waals surface area contributed by atoms with Crippen molar-refractivity contribution >= 4 is 67.2 Å². The van der Waals surface area contributed by atoms with Gasteiger partial charge in [0.15, 0.2) is 11.5 Å². The summed E-state index contributed by atoms with van der Waals surface area (Å²) < 4.78 is 6.59. The van der Waals surface area contributed by atoms with Crippen molar-refractivity contribution in [3.05, 3.63) is 97.5 Å². The summed E-state index contributed by atoms with van der Waals surface area (Å²) in [6.07, 6.45) is 0. The Morgan fingerprint density at radius 3 is 2.61 bits per heavy atom. The highest BCUT2D eigenvalue weighted by Crippen LogP contribution is 2.43. The molecule has 8 heteroatoms. The van der Waals surface area contributed by atoms with E-state index in [-0.39, 0.29) is 11.3 Å². The van der Waals surface area contributed by atoms with Crippen molar-refractivity contribution in [2.24, 2.45) is 0 Å². The summed E-state index contributed by atoms with van der Waals surface area (Å²) in [5.41, 5.74) is 1.05. The lowest BCUT2D eigenvalue weighted by atomic mass is 10.00. The monoisotopic (exact) mass is 513 g/mol. The molecule has 0 saturated carbocycles. The topological polar surface area (TPSA) is 70.8 Å². The second-order valence-electron chi connectivity index (χ2n) is 6.95. The van der Waals surface area contributed by atoms with E-state index in [1.54, 1.807) is 36.4 Å². The van der Waals surface area contributed by atoms with Crippen LogP contribution < -0.4 is 4.90 Å². The van der Waals surface area contributed by atoms with Crippen LogP contribution >= 0.6 is 38.9 Å². The van der Waals surface area contributed by atoms with Crippen molar-refractivity contribution in [2.45, 2.75) is 6.04 Å². The fourth-order valence-electron chi connectivity index (χ4n) is 3.68. The SMILES string of the molecule is O=C(C1=C(O)C(=O)N(c2ccc(Cl)cc2)C1c1cccs1)c1cc2cc(Br)ccc2o1. The van der Waals surface area contributed by atoms with Gasteiger partial charge in [-0.05, 0) is 60.0 Å². The zero-order valence-corrected chi connectivity index (χ0v) is 18.9. The van der Waals surface area contributed by atoms with Gasteiger partial charge in [0.1, 0.15) is 11.6 Å². The molecule has 0 fully saturated rings. The van der Waals surface area contributed by atoms with Gasteiger partial charge < -0.3 is 9.52 Å². The number of anilines is 1. The van der Waals surface area contributed by atoms with Crippen LogP contribution in [0.25, 0.3) is 11.0 Å². The summed E-state index contributed by atoms with van der Waals surface area (Å²) in [6, 6.07) is 16.6. The van der Waals surface area contributed by atoms with E-state index in [2.05, 4.69) is 15.9 Å². The molecule has 3 heterocycles. The molecule has 1 aliphatic heterocycles. The van der Waals surface area contributed by atoms with Crippen molar-refractivity contribution < 1.29 is 19.1 Å². The molecule has 4 aromatic rings. The van der Waals surface area contributed by atoms with Gasteiger partial charge in [-0.3, -0.25) is 14.5 Å². The van der Waals surface area contributed by atoms with Gasteiger partial charge >= 0.3 is 0 Å². The summed E-state index contributed by atoms with van der Waals surface area (Å²) in [4.78, 5) is 28.7. The van der Waals surface area contributed by atoms with Crippen molar-refractivity contribution in [2.75, 3.05) is 4.90 Å². The van der Waals surface area contributed by atoms with Crippen molar-refractivity contribution in [1.82, 2.24) is 0 Å². The Kier molecular flexibility index (Phi) is 4.97. The first-order valence-electron chi connectivity index (χ1n) is 9.23. The van der Waals surface area contributed by atoms with Crippen molar-refractivity contribution in [3.8, 4) is 0 Å². The molecule has 1 aliphatic rings. The van der Waals surface area contributed by atoms with Crippen LogP contribution in [0, 0.1) is 0 Å². The van der Waals surface area contributed by atoms with Gasteiger partial charge in [-0.2, -0.15) is 0 Å². The van der Waals surface area contributed by atoms with Crippen LogP contribution in [-0.4, -0.2) is 16.8 Å². The van der Waals surface area contributed by atoms with Crippen LogP contribution in [0.4, 0.5) is 5.69 Å². The molecule has 1 atom stereocenters. The van der Waals surface area contributed by atoms with Gasteiger partial charge in [0.05, 0.1) is 5.57 Å². The lowest BCUT2D eigenvalue weighted by Crippen LogP contribution is -2.30. The van der Waals surface area contributed by atoms with Crippen molar-refractivity contribution in [3.63, 3.8) is 0 Å². The molecule has 154 valence electrons. The molecule has 0 bridgehead atoms. The minimum absolute atomic E-state index is 0.0134. The van der Waals surface area contributed by atoms with Crippen LogP contribution in [-0.2, 0) is 4.79 Å². The minimum atomic E-state index is -0.777. The van der Waals surface area contributed by atoms with Gasteiger partial charge in [-0.15, -0.1) is 11.3 Å². The first-order valence-corrected chi connectivity index (χ1v) is 11.3. The van der Waals surface area contributed by atoms with E-state index in [9.17, 15) is 14.7 Å². The molecule has 5 nitrogen and oxygen atoms in total. The second kappa shape index (κ2) is 7.67. The minimum Gasteiger partial charge on any atom is -0.503 e. The highest BCUT2D eigenvalue weighted by Gasteiger charge is 2.45. The number of halogens is 2. The Hall–Kier alpha value is -2.87. The van der Waals surface area contributed by atoms with E-state index in [0.717, 1.165) is 14.7 Å². The number of amides is 1. The number of aliphatic hydroxyl groups is 1. The molecule has 2 aromatic carbocycles. The normalized spacial score (nSPS) is 16.5. The highest BCUT2D eigenvalue weighted by atomic mass is 79.9. The average molecular weight is 515 g/mol. The number of nitrogens with zero attached hydrogens (tertiary/aromatic N) is 1. The molecule has 0 saturated heterocycles. The molecule has 1 unspecified atom stereocenters. The molecule has 31 heavy (non-hydrogen) atoms. The van der Waals surface area contributed by atoms with Gasteiger partial charge in [0.2, 0.25) is 5.78 Å². The Morgan fingerprint density at radius 2 is 1.90 bits per heavy atom. The Bertz CT molecular complexity index is 1360. The lowest BCUT2D eigenvalue weighted by molar-refractivity contribution is -0.117. The summed E-state index contributed by atoms with van der Waals surface area (Å²) in [6.45, 7) is 0. The van der Waals surface area contributed by atoms with Crippen molar-refractivity contribution in [1.29, 1.82) is 0 Å². The Labute approximate surface area is 194 Å². The van der Waals surface area contributed by atoms with Gasteiger partial charge in [-0.1, -0.05) is 33.6 Å². The number of furan rings is 1. The quantitative estimate of drug-likeness (QED) is 0.308. The molecule has 0 spiro atoms. The van der Waals surface area contributed by atoms with Gasteiger partial charge in [0.25, 0.3) is 5.91 Å². The summed E-state index contributed by atoms with van der Waals surface area (Å²) in [5.74, 6) is -1.71. The highest BCUT2D eigenvalue weighted by molar-refractivity contribution is 9.10. The molecule has 0 radical (unpaired) electrons. The largest absolute Gasteiger partial charge is 0.503 e. The van der Waals surface area contributed by atoms with Gasteiger partial charge in [0, 0.05) is 25.4 Å². The summed E-state index contributed by atoms with van der Waals surface area (Å²) in [7, 11) is 0. The smallest absolute Gasteiger partial charge is 0.294 e. The van der Waals surface area contributed by atoms with Crippen LogP contribution in [0.5, 0.6) is 0 Å². The lowest BCUT2D eigenvalue weighted by Gasteiger charge is -2.25. The van der Waals surface area contributed by atoms with Crippen LogP contribution in [0.3, 0.4) is 0 Å². The molecule has 0 aliphatic carbocycles. The average Bonchev–Trinajstić information content (AvgIpc) is 3.47. The number of carbonyl (C=O) groups is 2. The summed E-state index contributed by atoms with van der Waals surface area (Å²) in [5, 5.41) is 13.9. The third kappa shape index (κ3) is 3.39. The predicted octanol–water partition coefficient (Wildman–Crippen LogP) is 6.69. The van der Waals surface area contributed by atoms with Crippen LogP contribution in [0.2, 0.25) is 5.02 Å². The zero-order valence-electron chi connectivity index (χ0n) is 15.7. The first kappa shape index (κ1) is 20.1. The Morgan fingerprint density at radius 1 is 1.13 bits per heavy atom. The zero-order chi connectivity index (χ0) is 21.7. The molecule has 5 rings (SSSR count). The third-order valence-electron chi connectivity index (χ3n) is 5.07. The van der Waals surface area contributed by atoms with E-state index >= 15 is 0 Å². The third-order valence-corrected chi connectivity index (χ3v) is 6.74. The molecule has 1 amide bonds. The number of benzene rings is 2. The maximum absolute atomic E-state index is 13.5. The summed E-state index contributed by atoms with van der Waals surface area (Å²) >= 11 is 10.8. The van der Waals surface area contributed by atoms with Gasteiger partial charge in [-0.25, -0.2) is 0 Å². The molecule has 1 N–H and O–H groups in total. The number of rotatable bonds is 4. The molecule has 2 aromatic heterocycles. The first-order chi connectivity index (χ1) is 14.9. The molecular weight excluding hydrogens is 502 g/mol. The number of fused-ring (bicyclic) bond motifs is 1. The maximum Gasteiger partial charge on any atom is 0.294 e. The fourth-order valence-corrected chi connectivity index (χ4v) is 5.01. The number of aliphatic hydroxyl groups excluding tert-OH is 1. The number of ketones is 1. The van der Waals surface area contributed by atoms with Crippen LogP contribution in [0.15, 0.2) is 86.3 Å². The van der Waals surface area contributed by atoms with E-state index in [0.29, 0.717) is 16.3 Å². The fraction of sp³-hybridized carbons (Fsp3) is 0.0435. The standard InChI is InChI=1S/C23H13BrClNO4S/c24-13-3-8-16-12(10-13)11-17(30-16)21(27)19-20(18-2-1-9-31-18)26(23(29)22(19)28)15-6-4-14(25)5-7-15/h1-11,20,28H. The predicted molar refractivity (Wildman–Crippen MR) is 124 cm³/mol. The number of thiophene rings is 1. The maximum atomic E-state index is 13.5. The molecular formula is C23H13BrClNO4S. The number of carbonyl (C=O) groups excluding carboxylic acids is 2. The number of hydrogen-bond donors (Lipinski definition) is 1. The Balaban J connectivity index is 1.63.